The number of nitrogens with zero attached hydrogens (tertiary/aromatic N) is 3. The molecule has 0 spiro atoms. The Morgan fingerprint density at radius 1 is 1.07 bits per heavy atom. The summed E-state index contributed by atoms with van der Waals surface area (Å²) in [5, 5.41) is 17.0. The summed E-state index contributed by atoms with van der Waals surface area (Å²) in [7, 11) is 0. The Morgan fingerprint density at radius 3 is 2.45 bits per heavy atom. The fourth-order valence-electron chi connectivity index (χ4n) is 2.98. The number of hydrogen-bond donors (Lipinski definition) is 3. The van der Waals surface area contributed by atoms with Crippen molar-refractivity contribution in [3.63, 3.8) is 0 Å². The third-order valence-corrected chi connectivity index (χ3v) is 5.29. The second kappa shape index (κ2) is 9.20. The van der Waals surface area contributed by atoms with Crippen molar-refractivity contribution in [3.05, 3.63) is 58.9 Å². The van der Waals surface area contributed by atoms with Gasteiger partial charge < -0.3 is 15.7 Å². The number of halogens is 1. The first-order valence-corrected chi connectivity index (χ1v) is 9.96. The van der Waals surface area contributed by atoms with Crippen molar-refractivity contribution in [1.82, 2.24) is 15.0 Å². The van der Waals surface area contributed by atoms with Crippen molar-refractivity contribution in [1.29, 1.82) is 0 Å². The van der Waals surface area contributed by atoms with E-state index in [1.54, 1.807) is 12.4 Å². The van der Waals surface area contributed by atoms with Gasteiger partial charge in [0, 0.05) is 34.7 Å². The van der Waals surface area contributed by atoms with E-state index in [0.29, 0.717) is 16.8 Å². The zero-order valence-electron chi connectivity index (χ0n) is 17.1. The van der Waals surface area contributed by atoms with E-state index in [2.05, 4.69) is 25.6 Å². The minimum atomic E-state index is -0.148. The topological polar surface area (TPSA) is 83.0 Å². The van der Waals surface area contributed by atoms with Crippen LogP contribution in [0.15, 0.2) is 42.7 Å². The molecule has 0 saturated heterocycles. The molecule has 0 aliphatic carbocycles. The molecule has 0 fully saturated rings. The molecule has 1 aromatic carbocycles. The molecule has 0 saturated carbocycles. The van der Waals surface area contributed by atoms with Crippen molar-refractivity contribution >= 4 is 29.1 Å². The molecule has 1 atom stereocenters. The van der Waals surface area contributed by atoms with Crippen molar-refractivity contribution in [2.75, 3.05) is 17.2 Å². The largest absolute Gasteiger partial charge is 0.394 e. The van der Waals surface area contributed by atoms with Gasteiger partial charge in [0.15, 0.2) is 0 Å². The molecule has 3 aromatic rings. The summed E-state index contributed by atoms with van der Waals surface area (Å²) in [6.07, 6.45) is 3.46. The van der Waals surface area contributed by atoms with E-state index in [4.69, 9.17) is 11.6 Å². The van der Waals surface area contributed by atoms with Gasteiger partial charge in [0.25, 0.3) is 0 Å². The third-order valence-electron chi connectivity index (χ3n) is 4.88. The molecule has 0 amide bonds. The summed E-state index contributed by atoms with van der Waals surface area (Å²) in [5.74, 6) is 1.32. The molecule has 0 bridgehead atoms. The molecular weight excluding hydrogens is 386 g/mol. The van der Waals surface area contributed by atoms with Gasteiger partial charge >= 0.3 is 0 Å². The standard InChI is InChI=1S/C22H26ClN5O/c1-13(2)19(12-29)26-22-25-18(16-7-9-24-10-8-16)11-20(28-22)27-21-14(3)5-6-17(23)15(21)4/h5-11,13,19,29H,12H2,1-4H3,(H2,25,26,27,28)/t19-/m0/s1. The van der Waals surface area contributed by atoms with E-state index in [1.165, 1.54) is 0 Å². The Balaban J connectivity index is 2.04. The first kappa shape index (κ1) is 21.0. The second-order valence-electron chi connectivity index (χ2n) is 7.36. The zero-order valence-corrected chi connectivity index (χ0v) is 17.8. The molecule has 7 heteroatoms. The summed E-state index contributed by atoms with van der Waals surface area (Å²) >= 11 is 6.31. The number of aromatic nitrogens is 3. The quantitative estimate of drug-likeness (QED) is 0.508. The van der Waals surface area contributed by atoms with Gasteiger partial charge in [-0.2, -0.15) is 4.98 Å². The van der Waals surface area contributed by atoms with E-state index in [-0.39, 0.29) is 18.6 Å². The monoisotopic (exact) mass is 411 g/mol. The number of nitrogens with one attached hydrogen (secondary N) is 2. The minimum absolute atomic E-state index is 0.00418. The van der Waals surface area contributed by atoms with E-state index < -0.39 is 0 Å². The fraction of sp³-hybridized carbons (Fsp3) is 0.318. The van der Waals surface area contributed by atoms with Crippen LogP contribution in [0.4, 0.5) is 17.5 Å². The highest BCUT2D eigenvalue weighted by molar-refractivity contribution is 6.31. The molecule has 0 aliphatic rings. The summed E-state index contributed by atoms with van der Waals surface area (Å²) in [4.78, 5) is 13.4. The predicted octanol–water partition coefficient (Wildman–Crippen LogP) is 4.98. The number of benzene rings is 1. The van der Waals surface area contributed by atoms with Gasteiger partial charge in [-0.25, -0.2) is 4.98 Å². The van der Waals surface area contributed by atoms with Gasteiger partial charge in [-0.1, -0.05) is 31.5 Å². The Kier molecular flexibility index (Phi) is 6.67. The van der Waals surface area contributed by atoms with Crippen LogP contribution in [0.2, 0.25) is 5.02 Å². The fourth-order valence-corrected chi connectivity index (χ4v) is 3.13. The lowest BCUT2D eigenvalue weighted by Gasteiger charge is -2.21. The van der Waals surface area contributed by atoms with Gasteiger partial charge in [0.05, 0.1) is 18.3 Å². The van der Waals surface area contributed by atoms with Gasteiger partial charge in [-0.3, -0.25) is 4.98 Å². The van der Waals surface area contributed by atoms with Crippen LogP contribution in [0.5, 0.6) is 0 Å². The normalized spacial score (nSPS) is 12.1. The van der Waals surface area contributed by atoms with E-state index in [0.717, 1.165) is 28.1 Å². The molecule has 3 rings (SSSR count). The minimum Gasteiger partial charge on any atom is -0.394 e. The first-order chi connectivity index (χ1) is 13.9. The van der Waals surface area contributed by atoms with Crippen LogP contribution in [-0.4, -0.2) is 32.7 Å². The summed E-state index contributed by atoms with van der Waals surface area (Å²) in [5.41, 5.74) is 4.63. The number of rotatable bonds is 7. The molecule has 152 valence electrons. The highest BCUT2D eigenvalue weighted by Crippen LogP contribution is 2.31. The van der Waals surface area contributed by atoms with Crippen molar-refractivity contribution < 1.29 is 5.11 Å². The number of anilines is 3. The predicted molar refractivity (Wildman–Crippen MR) is 119 cm³/mol. The molecular formula is C22H26ClN5O. The summed E-state index contributed by atoms with van der Waals surface area (Å²) < 4.78 is 0. The number of hydrogen-bond acceptors (Lipinski definition) is 6. The van der Waals surface area contributed by atoms with Crippen molar-refractivity contribution in [2.45, 2.75) is 33.7 Å². The van der Waals surface area contributed by atoms with Gasteiger partial charge in [-0.15, -0.1) is 0 Å². The van der Waals surface area contributed by atoms with Gasteiger partial charge in [0.2, 0.25) is 5.95 Å². The van der Waals surface area contributed by atoms with Crippen molar-refractivity contribution in [3.8, 4) is 11.3 Å². The third kappa shape index (κ3) is 5.02. The maximum Gasteiger partial charge on any atom is 0.225 e. The van der Waals surface area contributed by atoms with E-state index in [1.807, 2.05) is 58.0 Å². The van der Waals surface area contributed by atoms with E-state index >= 15 is 0 Å². The maximum absolute atomic E-state index is 9.70. The molecule has 2 aromatic heterocycles. The number of aliphatic hydroxyl groups is 1. The van der Waals surface area contributed by atoms with E-state index in [9.17, 15) is 5.11 Å². The SMILES string of the molecule is Cc1ccc(Cl)c(C)c1Nc1cc(-c2ccncc2)nc(N[C@@H](CO)C(C)C)n1. The molecule has 3 N–H and O–H groups in total. The van der Waals surface area contributed by atoms with Crippen LogP contribution < -0.4 is 10.6 Å². The average Bonchev–Trinajstić information content (AvgIpc) is 2.72. The number of aryl methyl sites for hydroxylation is 1. The molecule has 0 radical (unpaired) electrons. The lowest BCUT2D eigenvalue weighted by molar-refractivity contribution is 0.248. The van der Waals surface area contributed by atoms with Gasteiger partial charge in [0.1, 0.15) is 5.82 Å². The van der Waals surface area contributed by atoms with Gasteiger partial charge in [-0.05, 0) is 49.1 Å². The maximum atomic E-state index is 9.70. The summed E-state index contributed by atoms with van der Waals surface area (Å²) in [6, 6.07) is 9.41. The summed E-state index contributed by atoms with van der Waals surface area (Å²) in [6.45, 7) is 8.07. The van der Waals surface area contributed by atoms with Crippen LogP contribution >= 0.6 is 11.6 Å². The second-order valence-corrected chi connectivity index (χ2v) is 7.77. The van der Waals surface area contributed by atoms with Crippen LogP contribution in [0.3, 0.4) is 0 Å². The Labute approximate surface area is 176 Å². The lowest BCUT2D eigenvalue weighted by atomic mass is 10.1. The molecule has 29 heavy (non-hydrogen) atoms. The molecule has 2 heterocycles. The molecule has 0 aliphatic heterocycles. The lowest BCUT2D eigenvalue weighted by Crippen LogP contribution is -2.30. The average molecular weight is 412 g/mol. The Bertz CT molecular complexity index is 978. The van der Waals surface area contributed by atoms with Crippen LogP contribution in [0, 0.1) is 19.8 Å². The van der Waals surface area contributed by atoms with Crippen molar-refractivity contribution in [2.24, 2.45) is 5.92 Å². The zero-order chi connectivity index (χ0) is 21.0. The smallest absolute Gasteiger partial charge is 0.225 e. The Morgan fingerprint density at radius 2 is 1.79 bits per heavy atom. The number of pyridine rings is 1. The molecule has 6 nitrogen and oxygen atoms in total. The van der Waals surface area contributed by atoms with Crippen LogP contribution in [0.25, 0.3) is 11.3 Å². The highest BCUT2D eigenvalue weighted by atomic mass is 35.5. The Hall–Kier alpha value is -2.70. The number of aliphatic hydroxyl groups excluding tert-OH is 1. The van der Waals surface area contributed by atoms with Crippen LogP contribution in [0.1, 0.15) is 25.0 Å². The first-order valence-electron chi connectivity index (χ1n) is 9.58. The van der Waals surface area contributed by atoms with Crippen LogP contribution in [-0.2, 0) is 0 Å². The molecule has 0 unspecified atom stereocenters. The highest BCUT2D eigenvalue weighted by Gasteiger charge is 2.16.